The Morgan fingerprint density at radius 1 is 0.324 bits per heavy atom. The number of carbonyl (C=O) groups excluding carboxylic acids is 1. The number of rotatable bonds is 62. The van der Waals surface area contributed by atoms with Crippen LogP contribution in [-0.2, 0) is 4.79 Å². The molecule has 1 amide bonds. The van der Waals surface area contributed by atoms with E-state index < -0.39 is 24.2 Å². The smallest absolute Gasteiger partial charge is 0.249 e. The van der Waals surface area contributed by atoms with Crippen molar-refractivity contribution in [2.75, 3.05) is 6.61 Å². The van der Waals surface area contributed by atoms with Crippen LogP contribution >= 0.6 is 0 Å². The van der Waals surface area contributed by atoms with Crippen molar-refractivity contribution in [3.05, 3.63) is 12.2 Å². The highest BCUT2D eigenvalue weighted by atomic mass is 16.3. The van der Waals surface area contributed by atoms with Gasteiger partial charge in [0.15, 0.2) is 0 Å². The summed E-state index contributed by atoms with van der Waals surface area (Å²) < 4.78 is 0. The first-order valence-electron chi connectivity index (χ1n) is 33.0. The average Bonchev–Trinajstić information content (AvgIpc) is 3.38. The van der Waals surface area contributed by atoms with Crippen LogP contribution < -0.4 is 5.32 Å². The van der Waals surface area contributed by atoms with Crippen molar-refractivity contribution in [3.63, 3.8) is 0 Å². The van der Waals surface area contributed by atoms with E-state index in [4.69, 9.17) is 0 Å². The fourth-order valence-corrected chi connectivity index (χ4v) is 10.8. The zero-order valence-corrected chi connectivity index (χ0v) is 48.6. The van der Waals surface area contributed by atoms with E-state index in [9.17, 15) is 20.1 Å². The Kier molecular flexibility index (Phi) is 60.8. The molecule has 0 aliphatic heterocycles. The molecular formula is C66H131NO4. The van der Waals surface area contributed by atoms with E-state index in [0.717, 1.165) is 32.1 Å². The van der Waals surface area contributed by atoms with Crippen molar-refractivity contribution in [2.45, 2.75) is 398 Å². The minimum Gasteiger partial charge on any atom is -0.394 e. The van der Waals surface area contributed by atoms with Crippen molar-refractivity contribution >= 4 is 5.91 Å². The Morgan fingerprint density at radius 3 is 0.775 bits per heavy atom. The SMILES string of the molecule is CCCCCCCCCCCCCC/C=C\CCCCCCCCCCCCCCCCCCC(O)C(=O)NC(CO)C(O)CCCCCCCCCCCCCCCCCCCCCCCCCCC. The molecule has 3 unspecified atom stereocenters. The molecule has 0 fully saturated rings. The Bertz CT molecular complexity index is 1020. The van der Waals surface area contributed by atoms with Crippen LogP contribution in [0.1, 0.15) is 380 Å². The fraction of sp³-hybridized carbons (Fsp3) is 0.955. The van der Waals surface area contributed by atoms with Crippen molar-refractivity contribution in [1.82, 2.24) is 5.32 Å². The van der Waals surface area contributed by atoms with E-state index in [0.29, 0.717) is 12.8 Å². The van der Waals surface area contributed by atoms with Crippen molar-refractivity contribution < 1.29 is 20.1 Å². The quantitative estimate of drug-likeness (QED) is 0.0361. The summed E-state index contributed by atoms with van der Waals surface area (Å²) in [5, 5.41) is 33.7. The second-order valence-electron chi connectivity index (χ2n) is 23.0. The van der Waals surface area contributed by atoms with E-state index in [-0.39, 0.29) is 6.61 Å². The highest BCUT2D eigenvalue weighted by molar-refractivity contribution is 5.80. The van der Waals surface area contributed by atoms with Gasteiger partial charge in [-0.15, -0.1) is 0 Å². The third-order valence-electron chi connectivity index (χ3n) is 15.9. The molecule has 0 aliphatic rings. The predicted molar refractivity (Wildman–Crippen MR) is 315 cm³/mol. The second-order valence-corrected chi connectivity index (χ2v) is 23.0. The van der Waals surface area contributed by atoms with Crippen LogP contribution in [0.3, 0.4) is 0 Å². The predicted octanol–water partition coefficient (Wildman–Crippen LogP) is 21.0. The average molecular weight is 1000 g/mol. The summed E-state index contributed by atoms with van der Waals surface area (Å²) >= 11 is 0. The van der Waals surface area contributed by atoms with Gasteiger partial charge in [0, 0.05) is 0 Å². The summed E-state index contributed by atoms with van der Waals surface area (Å²) in [7, 11) is 0. The molecule has 3 atom stereocenters. The third-order valence-corrected chi connectivity index (χ3v) is 15.9. The number of unbranched alkanes of at least 4 members (excludes halogenated alkanes) is 52. The first-order valence-corrected chi connectivity index (χ1v) is 33.0. The van der Waals surface area contributed by atoms with Crippen LogP contribution in [0.15, 0.2) is 12.2 Å². The van der Waals surface area contributed by atoms with Crippen LogP contribution in [0.4, 0.5) is 0 Å². The van der Waals surface area contributed by atoms with Gasteiger partial charge in [0.05, 0.1) is 18.8 Å². The molecule has 0 bridgehead atoms. The van der Waals surface area contributed by atoms with Crippen molar-refractivity contribution in [3.8, 4) is 0 Å². The summed E-state index contributed by atoms with van der Waals surface area (Å²) in [6.45, 7) is 4.29. The topological polar surface area (TPSA) is 89.8 Å². The standard InChI is InChI=1S/C66H131NO4/c1-3-5-7-9-11-13-15-17-19-21-23-25-27-29-30-31-32-33-34-35-37-39-41-43-45-47-49-51-53-55-57-59-61-65(70)66(71)67-63(62-68)64(69)60-58-56-54-52-50-48-46-44-42-40-38-36-28-26-24-22-20-18-16-14-12-10-8-6-4-2/h29-30,63-65,68-70H,3-28,31-62H2,1-2H3,(H,67,71)/b30-29-. The van der Waals surface area contributed by atoms with Gasteiger partial charge >= 0.3 is 0 Å². The lowest BCUT2D eigenvalue weighted by Crippen LogP contribution is -2.49. The zero-order chi connectivity index (χ0) is 51.4. The van der Waals surface area contributed by atoms with Crippen LogP contribution in [0.2, 0.25) is 0 Å². The first kappa shape index (κ1) is 70.1. The van der Waals surface area contributed by atoms with Gasteiger partial charge in [0.25, 0.3) is 0 Å². The maximum atomic E-state index is 12.6. The maximum absolute atomic E-state index is 12.6. The molecule has 0 rings (SSSR count). The van der Waals surface area contributed by atoms with Gasteiger partial charge < -0.3 is 20.6 Å². The Hall–Kier alpha value is -0.910. The first-order chi connectivity index (χ1) is 35.1. The molecule has 0 radical (unpaired) electrons. The number of aliphatic hydroxyl groups excluding tert-OH is 3. The molecule has 424 valence electrons. The molecule has 0 heterocycles. The van der Waals surface area contributed by atoms with E-state index in [1.165, 1.54) is 321 Å². The monoisotopic (exact) mass is 1000 g/mol. The number of allylic oxidation sites excluding steroid dienone is 2. The summed E-state index contributed by atoms with van der Waals surface area (Å²) in [5.41, 5.74) is 0. The number of hydrogen-bond donors (Lipinski definition) is 4. The molecule has 0 aromatic carbocycles. The molecular weight excluding hydrogens is 871 g/mol. The molecule has 0 aliphatic carbocycles. The molecule has 0 saturated carbocycles. The summed E-state index contributed by atoms with van der Waals surface area (Å²) in [6.07, 6.45) is 78.7. The highest BCUT2D eigenvalue weighted by Gasteiger charge is 2.23. The van der Waals surface area contributed by atoms with Gasteiger partial charge in [-0.2, -0.15) is 0 Å². The zero-order valence-electron chi connectivity index (χ0n) is 48.6. The molecule has 71 heavy (non-hydrogen) atoms. The normalized spacial score (nSPS) is 13.1. The number of nitrogens with one attached hydrogen (secondary N) is 1. The van der Waals surface area contributed by atoms with Gasteiger partial charge in [0.2, 0.25) is 5.91 Å². The molecule has 5 heteroatoms. The lowest BCUT2D eigenvalue weighted by Gasteiger charge is -2.23. The molecule has 5 nitrogen and oxygen atoms in total. The van der Waals surface area contributed by atoms with E-state index in [1.807, 2.05) is 0 Å². The van der Waals surface area contributed by atoms with Gasteiger partial charge in [-0.3, -0.25) is 4.79 Å². The largest absolute Gasteiger partial charge is 0.394 e. The highest BCUT2D eigenvalue weighted by Crippen LogP contribution is 2.19. The Labute approximate surface area is 446 Å². The number of amides is 1. The molecule has 0 aromatic rings. The Morgan fingerprint density at radius 2 is 0.535 bits per heavy atom. The number of carbonyl (C=O) groups is 1. The summed E-state index contributed by atoms with van der Waals surface area (Å²) in [4.78, 5) is 12.6. The minimum absolute atomic E-state index is 0.308. The van der Waals surface area contributed by atoms with Crippen LogP contribution in [-0.4, -0.2) is 46.1 Å². The fourth-order valence-electron chi connectivity index (χ4n) is 10.8. The van der Waals surface area contributed by atoms with Gasteiger partial charge in [-0.1, -0.05) is 353 Å². The molecule has 4 N–H and O–H groups in total. The summed E-state index contributed by atoms with van der Waals surface area (Å²) in [5.74, 6) is -0.462. The van der Waals surface area contributed by atoms with E-state index >= 15 is 0 Å². The number of aliphatic hydroxyl groups is 3. The van der Waals surface area contributed by atoms with E-state index in [2.05, 4.69) is 31.3 Å². The molecule has 0 saturated heterocycles. The maximum Gasteiger partial charge on any atom is 0.249 e. The lowest BCUT2D eigenvalue weighted by atomic mass is 10.0. The Balaban J connectivity index is 3.46. The van der Waals surface area contributed by atoms with Gasteiger partial charge in [-0.25, -0.2) is 0 Å². The molecule has 0 aromatic heterocycles. The van der Waals surface area contributed by atoms with Crippen LogP contribution in [0.25, 0.3) is 0 Å². The second kappa shape index (κ2) is 61.6. The van der Waals surface area contributed by atoms with Crippen LogP contribution in [0, 0.1) is 0 Å². The van der Waals surface area contributed by atoms with Crippen LogP contribution in [0.5, 0.6) is 0 Å². The van der Waals surface area contributed by atoms with Crippen molar-refractivity contribution in [2.24, 2.45) is 0 Å². The minimum atomic E-state index is -1.07. The van der Waals surface area contributed by atoms with Crippen molar-refractivity contribution in [1.29, 1.82) is 0 Å². The number of hydrogen-bond acceptors (Lipinski definition) is 4. The van der Waals surface area contributed by atoms with E-state index in [1.54, 1.807) is 0 Å². The lowest BCUT2D eigenvalue weighted by molar-refractivity contribution is -0.131. The van der Waals surface area contributed by atoms with Gasteiger partial charge in [-0.05, 0) is 38.5 Å². The molecule has 0 spiro atoms. The van der Waals surface area contributed by atoms with Gasteiger partial charge in [0.1, 0.15) is 6.10 Å². The third kappa shape index (κ3) is 56.7. The summed E-state index contributed by atoms with van der Waals surface area (Å²) in [6, 6.07) is -0.710.